The Bertz CT molecular complexity index is 1000. The summed E-state index contributed by atoms with van der Waals surface area (Å²) in [5, 5.41) is 4.68. The van der Waals surface area contributed by atoms with Gasteiger partial charge in [-0.1, -0.05) is 30.4 Å². The molecule has 28 heavy (non-hydrogen) atoms. The minimum absolute atomic E-state index is 0.829. The highest BCUT2D eigenvalue weighted by Gasteiger charge is 2.22. The predicted octanol–water partition coefficient (Wildman–Crippen LogP) is 3.41. The quantitative estimate of drug-likeness (QED) is 0.638. The normalized spacial score (nSPS) is 15.2. The molecule has 0 saturated carbocycles. The van der Waals surface area contributed by atoms with E-state index in [4.69, 9.17) is 9.72 Å². The fraction of sp³-hybridized carbons (Fsp3) is 0.364. The summed E-state index contributed by atoms with van der Waals surface area (Å²) in [7, 11) is 1.69. The molecule has 3 aromatic rings. The van der Waals surface area contributed by atoms with Crippen molar-refractivity contribution >= 4 is 11.5 Å². The van der Waals surface area contributed by atoms with Crippen LogP contribution in [0.25, 0.3) is 16.8 Å². The summed E-state index contributed by atoms with van der Waals surface area (Å²) in [6.07, 6.45) is 1.89. The highest BCUT2D eigenvalue weighted by molar-refractivity contribution is 5.82. The van der Waals surface area contributed by atoms with Crippen LogP contribution in [0.4, 0.5) is 5.82 Å². The van der Waals surface area contributed by atoms with Crippen molar-refractivity contribution in [3.8, 4) is 16.9 Å². The molecule has 0 radical (unpaired) electrons. The average molecular weight is 377 g/mol. The predicted molar refractivity (Wildman–Crippen MR) is 113 cm³/mol. The molecule has 6 nitrogen and oxygen atoms in total. The first-order valence-electron chi connectivity index (χ1n) is 9.67. The first-order valence-corrected chi connectivity index (χ1v) is 9.67. The van der Waals surface area contributed by atoms with Crippen LogP contribution >= 0.6 is 0 Å². The van der Waals surface area contributed by atoms with Crippen molar-refractivity contribution < 1.29 is 4.74 Å². The van der Waals surface area contributed by atoms with Crippen molar-refractivity contribution in [2.45, 2.75) is 13.8 Å². The number of nitrogens with zero attached hydrogens (tertiary/aromatic N) is 5. The standard InChI is InChI=1S/C22H27N5O/c1-16(2)15-25-9-11-26(12-10-25)21-13-17(3)24-22-19(14-23-27(21)22)18-7-5-6-8-20(18)28-4/h5-8,13-14H,1,9-12,15H2,2-4H3. The molecule has 1 aliphatic rings. The Morgan fingerprint density at radius 2 is 1.89 bits per heavy atom. The van der Waals surface area contributed by atoms with Crippen LogP contribution in [0.15, 0.2) is 48.7 Å². The third-order valence-corrected chi connectivity index (χ3v) is 5.17. The maximum absolute atomic E-state index is 5.55. The summed E-state index contributed by atoms with van der Waals surface area (Å²) in [6, 6.07) is 10.1. The van der Waals surface area contributed by atoms with Gasteiger partial charge in [-0.05, 0) is 19.9 Å². The van der Waals surface area contributed by atoms with E-state index < -0.39 is 0 Å². The van der Waals surface area contributed by atoms with Crippen molar-refractivity contribution in [1.29, 1.82) is 0 Å². The van der Waals surface area contributed by atoms with Gasteiger partial charge in [-0.2, -0.15) is 9.61 Å². The average Bonchev–Trinajstić information content (AvgIpc) is 3.11. The lowest BCUT2D eigenvalue weighted by atomic mass is 10.1. The van der Waals surface area contributed by atoms with Crippen LogP contribution in [0.3, 0.4) is 0 Å². The van der Waals surface area contributed by atoms with Crippen LogP contribution in [-0.2, 0) is 0 Å². The van der Waals surface area contributed by atoms with Gasteiger partial charge in [0, 0.05) is 50.0 Å². The summed E-state index contributed by atoms with van der Waals surface area (Å²) in [5.41, 5.74) is 5.06. The van der Waals surface area contributed by atoms with Gasteiger partial charge in [0.05, 0.1) is 18.9 Å². The van der Waals surface area contributed by atoms with E-state index >= 15 is 0 Å². The summed E-state index contributed by atoms with van der Waals surface area (Å²) in [6.45, 7) is 13.1. The van der Waals surface area contributed by atoms with E-state index in [1.54, 1.807) is 7.11 Å². The lowest BCUT2D eigenvalue weighted by molar-refractivity contribution is 0.277. The molecule has 146 valence electrons. The SMILES string of the molecule is C=C(C)CN1CCN(c2cc(C)nc3c(-c4ccccc4OC)cnn23)CC1. The monoisotopic (exact) mass is 377 g/mol. The first-order chi connectivity index (χ1) is 13.6. The van der Waals surface area contributed by atoms with Gasteiger partial charge in [0.2, 0.25) is 0 Å². The molecule has 0 atom stereocenters. The van der Waals surface area contributed by atoms with E-state index in [0.717, 1.165) is 66.8 Å². The topological polar surface area (TPSA) is 45.9 Å². The molecule has 6 heteroatoms. The lowest BCUT2D eigenvalue weighted by Crippen LogP contribution is -2.47. The second-order valence-electron chi connectivity index (χ2n) is 7.47. The molecule has 3 heterocycles. The number of aromatic nitrogens is 3. The van der Waals surface area contributed by atoms with Crippen LogP contribution < -0.4 is 9.64 Å². The van der Waals surface area contributed by atoms with Crippen molar-refractivity contribution in [2.24, 2.45) is 0 Å². The number of methoxy groups -OCH3 is 1. The van der Waals surface area contributed by atoms with E-state index in [0.29, 0.717) is 0 Å². The van der Waals surface area contributed by atoms with Crippen LogP contribution in [0.2, 0.25) is 0 Å². The van der Waals surface area contributed by atoms with E-state index in [2.05, 4.69) is 40.5 Å². The molecule has 1 aromatic carbocycles. The van der Waals surface area contributed by atoms with Gasteiger partial charge in [0.25, 0.3) is 0 Å². The zero-order valence-electron chi connectivity index (χ0n) is 16.9. The number of hydrogen-bond donors (Lipinski definition) is 0. The van der Waals surface area contributed by atoms with Crippen LogP contribution in [0, 0.1) is 6.92 Å². The Labute approximate surface area is 166 Å². The molecular formula is C22H27N5O. The van der Waals surface area contributed by atoms with Crippen LogP contribution in [0.1, 0.15) is 12.6 Å². The maximum Gasteiger partial charge on any atom is 0.165 e. The highest BCUT2D eigenvalue weighted by Crippen LogP contribution is 2.33. The summed E-state index contributed by atoms with van der Waals surface area (Å²) < 4.78 is 7.51. The Balaban J connectivity index is 1.70. The Kier molecular flexibility index (Phi) is 5.05. The van der Waals surface area contributed by atoms with E-state index in [1.807, 2.05) is 35.8 Å². The largest absolute Gasteiger partial charge is 0.496 e. The molecule has 0 N–H and O–H groups in total. The van der Waals surface area contributed by atoms with Gasteiger partial charge in [-0.25, -0.2) is 4.98 Å². The number of benzene rings is 1. The number of rotatable bonds is 5. The molecule has 1 aliphatic heterocycles. The molecule has 2 aromatic heterocycles. The molecular weight excluding hydrogens is 350 g/mol. The molecule has 0 bridgehead atoms. The fourth-order valence-corrected chi connectivity index (χ4v) is 3.86. The zero-order valence-corrected chi connectivity index (χ0v) is 16.9. The van der Waals surface area contributed by atoms with Gasteiger partial charge in [-0.15, -0.1) is 0 Å². The molecule has 0 aliphatic carbocycles. The number of aryl methyl sites for hydroxylation is 1. The number of ether oxygens (including phenoxy) is 1. The summed E-state index contributed by atoms with van der Waals surface area (Å²) in [5.74, 6) is 1.93. The third kappa shape index (κ3) is 3.47. The van der Waals surface area contributed by atoms with Gasteiger partial charge < -0.3 is 9.64 Å². The number of piperazine rings is 1. The van der Waals surface area contributed by atoms with Crippen molar-refractivity contribution in [3.05, 3.63) is 54.4 Å². The fourth-order valence-electron chi connectivity index (χ4n) is 3.86. The molecule has 0 spiro atoms. The summed E-state index contributed by atoms with van der Waals surface area (Å²) in [4.78, 5) is 9.64. The third-order valence-electron chi connectivity index (χ3n) is 5.17. The second-order valence-corrected chi connectivity index (χ2v) is 7.47. The van der Waals surface area contributed by atoms with Crippen LogP contribution in [-0.4, -0.2) is 59.3 Å². The van der Waals surface area contributed by atoms with Crippen molar-refractivity contribution in [3.63, 3.8) is 0 Å². The number of fused-ring (bicyclic) bond motifs is 1. The summed E-state index contributed by atoms with van der Waals surface area (Å²) >= 11 is 0. The zero-order chi connectivity index (χ0) is 19.7. The first kappa shape index (κ1) is 18.5. The van der Waals surface area contributed by atoms with Gasteiger partial charge in [0.15, 0.2) is 5.65 Å². The minimum atomic E-state index is 0.829. The van der Waals surface area contributed by atoms with Crippen LogP contribution in [0.5, 0.6) is 5.75 Å². The lowest BCUT2D eigenvalue weighted by Gasteiger charge is -2.36. The highest BCUT2D eigenvalue weighted by atomic mass is 16.5. The Morgan fingerprint density at radius 1 is 1.14 bits per heavy atom. The number of para-hydroxylation sites is 1. The molecule has 1 saturated heterocycles. The van der Waals surface area contributed by atoms with Crippen molar-refractivity contribution in [1.82, 2.24) is 19.5 Å². The van der Waals surface area contributed by atoms with E-state index in [9.17, 15) is 0 Å². The van der Waals surface area contributed by atoms with Gasteiger partial charge in [0.1, 0.15) is 11.6 Å². The maximum atomic E-state index is 5.55. The second kappa shape index (κ2) is 7.64. The smallest absolute Gasteiger partial charge is 0.165 e. The van der Waals surface area contributed by atoms with Crippen molar-refractivity contribution in [2.75, 3.05) is 44.7 Å². The van der Waals surface area contributed by atoms with E-state index in [1.165, 1.54) is 5.57 Å². The molecule has 0 unspecified atom stereocenters. The minimum Gasteiger partial charge on any atom is -0.496 e. The van der Waals surface area contributed by atoms with E-state index in [-0.39, 0.29) is 0 Å². The number of hydrogen-bond acceptors (Lipinski definition) is 5. The number of anilines is 1. The van der Waals surface area contributed by atoms with Gasteiger partial charge >= 0.3 is 0 Å². The molecule has 4 rings (SSSR count). The van der Waals surface area contributed by atoms with Gasteiger partial charge in [-0.3, -0.25) is 4.90 Å². The molecule has 0 amide bonds. The molecule has 1 fully saturated rings. The Morgan fingerprint density at radius 3 is 2.61 bits per heavy atom. The Hall–Kier alpha value is -2.86.